The molecule has 1 saturated heterocycles. The summed E-state index contributed by atoms with van der Waals surface area (Å²) in [5.41, 5.74) is 4.72. The van der Waals surface area contributed by atoms with Gasteiger partial charge in [0.1, 0.15) is 6.54 Å². The van der Waals surface area contributed by atoms with Crippen molar-refractivity contribution in [2.45, 2.75) is 39.3 Å². The third-order valence-electron chi connectivity index (χ3n) is 7.89. The number of thiazole rings is 1. The number of nitrogens with zero attached hydrogens (tertiary/aromatic N) is 4. The van der Waals surface area contributed by atoms with Crippen molar-refractivity contribution in [2.75, 3.05) is 38.0 Å². The van der Waals surface area contributed by atoms with E-state index in [9.17, 15) is 14.4 Å². The van der Waals surface area contributed by atoms with E-state index in [1.54, 1.807) is 12.1 Å². The first-order chi connectivity index (χ1) is 21.3. The second kappa shape index (κ2) is 14.4. The summed E-state index contributed by atoms with van der Waals surface area (Å²) in [6.45, 7) is 8.47. The molecule has 1 aromatic heterocycles. The molecular weight excluding hydrogens is 570 g/mol. The highest BCUT2D eigenvalue weighted by atomic mass is 32.1. The molecule has 2 heterocycles. The number of carbonyl (C=O) groups excluding carboxylic acids is 3. The maximum Gasteiger partial charge on any atom is 0.254 e. The van der Waals surface area contributed by atoms with E-state index < -0.39 is 0 Å². The highest BCUT2D eigenvalue weighted by Gasteiger charge is 2.28. The molecule has 1 aliphatic heterocycles. The number of hydrogen-bond acceptors (Lipinski definition) is 6. The first kappa shape index (κ1) is 31.1. The van der Waals surface area contributed by atoms with Gasteiger partial charge in [-0.1, -0.05) is 78.4 Å². The molecule has 0 atom stereocenters. The predicted octanol–water partition coefficient (Wildman–Crippen LogP) is 5.42. The number of nitrogens with one attached hydrogen (secondary N) is 1. The van der Waals surface area contributed by atoms with Crippen LogP contribution in [-0.2, 0) is 16.0 Å². The van der Waals surface area contributed by atoms with E-state index in [1.807, 2.05) is 55.3 Å². The molecule has 0 aliphatic carbocycles. The van der Waals surface area contributed by atoms with Crippen LogP contribution in [-0.4, -0.2) is 76.2 Å². The van der Waals surface area contributed by atoms with Gasteiger partial charge >= 0.3 is 0 Å². The minimum absolute atomic E-state index is 0.0264. The summed E-state index contributed by atoms with van der Waals surface area (Å²) >= 11 is 1.28. The van der Waals surface area contributed by atoms with Gasteiger partial charge in [-0.25, -0.2) is 4.98 Å². The van der Waals surface area contributed by atoms with Gasteiger partial charge in [-0.15, -0.1) is 11.3 Å². The SMILES string of the molecule is Cc1ccc(C(=O)N(CC(=O)Nc2nc(CC(=O)N3CCN(C(c4ccccc4)c4ccccc4)CC3)cs2)C(C)C)cc1. The Balaban J connectivity index is 1.14. The Bertz CT molecular complexity index is 1510. The molecule has 8 nitrogen and oxygen atoms in total. The third kappa shape index (κ3) is 7.78. The number of anilines is 1. The van der Waals surface area contributed by atoms with Crippen LogP contribution in [0, 0.1) is 6.92 Å². The van der Waals surface area contributed by atoms with Gasteiger partial charge in [-0.05, 0) is 44.0 Å². The van der Waals surface area contributed by atoms with E-state index in [4.69, 9.17) is 0 Å². The van der Waals surface area contributed by atoms with Crippen molar-refractivity contribution in [3.8, 4) is 0 Å². The molecule has 1 fully saturated rings. The molecule has 9 heteroatoms. The Morgan fingerprint density at radius 2 is 1.45 bits per heavy atom. The average Bonchev–Trinajstić information content (AvgIpc) is 3.47. The summed E-state index contributed by atoms with van der Waals surface area (Å²) in [4.78, 5) is 49.5. The third-order valence-corrected chi connectivity index (χ3v) is 8.70. The molecule has 3 aromatic carbocycles. The van der Waals surface area contributed by atoms with Gasteiger partial charge in [0.2, 0.25) is 11.8 Å². The molecule has 44 heavy (non-hydrogen) atoms. The van der Waals surface area contributed by atoms with Crippen LogP contribution < -0.4 is 5.32 Å². The number of amides is 3. The number of aromatic nitrogens is 1. The smallest absolute Gasteiger partial charge is 0.254 e. The van der Waals surface area contributed by atoms with Gasteiger partial charge in [0.05, 0.1) is 18.2 Å². The van der Waals surface area contributed by atoms with Gasteiger partial charge in [-0.3, -0.25) is 19.3 Å². The average molecular weight is 610 g/mol. The van der Waals surface area contributed by atoms with Crippen LogP contribution in [0.3, 0.4) is 0 Å². The van der Waals surface area contributed by atoms with Gasteiger partial charge in [0, 0.05) is 43.2 Å². The molecule has 4 aromatic rings. The second-order valence-electron chi connectivity index (χ2n) is 11.4. The topological polar surface area (TPSA) is 85.8 Å². The standard InChI is InChI=1S/C35H39N5O3S/c1-25(2)40(34(43)29-16-14-26(3)15-17-29)23-31(41)37-35-36-30(24-44-35)22-32(42)38-18-20-39(21-19-38)33(27-10-6-4-7-11-27)28-12-8-5-9-13-28/h4-17,24-25,33H,18-23H2,1-3H3,(H,36,37,41). The number of piperazine rings is 1. The molecule has 0 unspecified atom stereocenters. The van der Waals surface area contributed by atoms with Crippen LogP contribution in [0.25, 0.3) is 0 Å². The lowest BCUT2D eigenvalue weighted by Crippen LogP contribution is -2.50. The highest BCUT2D eigenvalue weighted by molar-refractivity contribution is 7.13. The summed E-state index contributed by atoms with van der Waals surface area (Å²) in [6.07, 6.45) is 0.178. The maximum absolute atomic E-state index is 13.2. The Kier molecular flexibility index (Phi) is 10.2. The van der Waals surface area contributed by atoms with Gasteiger partial charge in [0.15, 0.2) is 5.13 Å². The lowest BCUT2D eigenvalue weighted by molar-refractivity contribution is -0.132. The Labute approximate surface area is 263 Å². The lowest BCUT2D eigenvalue weighted by atomic mass is 9.96. The molecule has 0 bridgehead atoms. The van der Waals surface area contributed by atoms with Crippen LogP contribution in [0.15, 0.2) is 90.3 Å². The minimum atomic E-state index is -0.325. The zero-order valence-electron chi connectivity index (χ0n) is 25.5. The van der Waals surface area contributed by atoms with Crippen LogP contribution in [0.5, 0.6) is 0 Å². The quantitative estimate of drug-likeness (QED) is 0.260. The predicted molar refractivity (Wildman–Crippen MR) is 175 cm³/mol. The number of hydrogen-bond donors (Lipinski definition) is 1. The van der Waals surface area contributed by atoms with Crippen molar-refractivity contribution >= 4 is 34.2 Å². The first-order valence-electron chi connectivity index (χ1n) is 15.0. The van der Waals surface area contributed by atoms with E-state index in [0.29, 0.717) is 29.5 Å². The molecule has 3 amide bonds. The normalized spacial score (nSPS) is 13.7. The zero-order chi connectivity index (χ0) is 31.1. The van der Waals surface area contributed by atoms with Gasteiger partial charge < -0.3 is 15.1 Å². The summed E-state index contributed by atoms with van der Waals surface area (Å²) in [6, 6.07) is 28.3. The molecule has 1 aliphatic rings. The fourth-order valence-electron chi connectivity index (χ4n) is 5.49. The minimum Gasteiger partial charge on any atom is -0.340 e. The number of carbonyl (C=O) groups is 3. The first-order valence-corrected chi connectivity index (χ1v) is 15.9. The summed E-state index contributed by atoms with van der Waals surface area (Å²) in [5.74, 6) is -0.494. The van der Waals surface area contributed by atoms with E-state index in [0.717, 1.165) is 18.7 Å². The van der Waals surface area contributed by atoms with Gasteiger partial charge in [0.25, 0.3) is 5.91 Å². The number of aryl methyl sites for hydroxylation is 1. The van der Waals surface area contributed by atoms with Crippen molar-refractivity contribution in [3.05, 3.63) is 118 Å². The van der Waals surface area contributed by atoms with Crippen LogP contribution in [0.1, 0.15) is 52.6 Å². The fourth-order valence-corrected chi connectivity index (χ4v) is 6.22. The van der Waals surface area contributed by atoms with Crippen molar-refractivity contribution < 1.29 is 14.4 Å². The van der Waals surface area contributed by atoms with E-state index in [1.165, 1.54) is 27.4 Å². The largest absolute Gasteiger partial charge is 0.340 e. The van der Waals surface area contributed by atoms with Crippen LogP contribution in [0.2, 0.25) is 0 Å². The van der Waals surface area contributed by atoms with Crippen LogP contribution >= 0.6 is 11.3 Å². The van der Waals surface area contributed by atoms with Crippen LogP contribution in [0.4, 0.5) is 5.13 Å². The van der Waals surface area contributed by atoms with Crippen molar-refractivity contribution in [1.29, 1.82) is 0 Å². The zero-order valence-corrected chi connectivity index (χ0v) is 26.3. The Morgan fingerprint density at radius 1 is 0.864 bits per heavy atom. The molecule has 1 N–H and O–H groups in total. The van der Waals surface area contributed by atoms with Crippen molar-refractivity contribution in [2.24, 2.45) is 0 Å². The van der Waals surface area contributed by atoms with E-state index in [-0.39, 0.29) is 42.8 Å². The molecule has 228 valence electrons. The number of benzene rings is 3. The van der Waals surface area contributed by atoms with Crippen molar-refractivity contribution in [1.82, 2.24) is 19.7 Å². The maximum atomic E-state index is 13.2. The lowest BCUT2D eigenvalue weighted by Gasteiger charge is -2.39. The van der Waals surface area contributed by atoms with E-state index in [2.05, 4.69) is 63.7 Å². The fraction of sp³-hybridized carbons (Fsp3) is 0.314. The van der Waals surface area contributed by atoms with Crippen molar-refractivity contribution in [3.63, 3.8) is 0 Å². The summed E-state index contributed by atoms with van der Waals surface area (Å²) in [5, 5.41) is 5.04. The summed E-state index contributed by atoms with van der Waals surface area (Å²) in [7, 11) is 0. The Hall–Kier alpha value is -4.34. The number of rotatable bonds is 10. The molecule has 5 rings (SSSR count). The molecular formula is C35H39N5O3S. The molecule has 0 spiro atoms. The monoisotopic (exact) mass is 609 g/mol. The molecule has 0 radical (unpaired) electrons. The second-order valence-corrected chi connectivity index (χ2v) is 12.3. The summed E-state index contributed by atoms with van der Waals surface area (Å²) < 4.78 is 0. The van der Waals surface area contributed by atoms with Gasteiger partial charge in [-0.2, -0.15) is 0 Å². The Morgan fingerprint density at radius 3 is 2.02 bits per heavy atom. The molecule has 0 saturated carbocycles. The van der Waals surface area contributed by atoms with E-state index >= 15 is 0 Å². The highest BCUT2D eigenvalue weighted by Crippen LogP contribution is 2.29.